The molecule has 0 aliphatic carbocycles. The monoisotopic (exact) mass is 244 g/mol. The van der Waals surface area contributed by atoms with E-state index in [1.165, 1.54) is 0 Å². The van der Waals surface area contributed by atoms with Crippen molar-refractivity contribution in [1.82, 2.24) is 4.98 Å². The molecule has 0 fully saturated rings. The number of hydrogen-bond donors (Lipinski definition) is 2. The molecule has 0 spiro atoms. The van der Waals surface area contributed by atoms with Gasteiger partial charge in [0, 0.05) is 18.3 Å². The van der Waals surface area contributed by atoms with Crippen molar-refractivity contribution in [2.75, 3.05) is 12.4 Å². The molecular weight excluding hydrogens is 224 g/mol. The number of fused-ring (bicyclic) bond motifs is 1. The zero-order valence-electron chi connectivity index (χ0n) is 11.4. The molecule has 96 valence electrons. The van der Waals surface area contributed by atoms with E-state index < -0.39 is 0 Å². The molecule has 1 unspecified atom stereocenters. The van der Waals surface area contributed by atoms with E-state index >= 15 is 0 Å². The molecule has 0 saturated carbocycles. The Labute approximate surface area is 107 Å². The molecule has 2 aromatic rings. The van der Waals surface area contributed by atoms with E-state index in [1.807, 2.05) is 31.3 Å². The minimum Gasteiger partial charge on any atom is -0.388 e. The van der Waals surface area contributed by atoms with Gasteiger partial charge in [-0.2, -0.15) is 0 Å². The summed E-state index contributed by atoms with van der Waals surface area (Å²) in [4.78, 5) is 15.1. The van der Waals surface area contributed by atoms with Crippen molar-refractivity contribution in [2.45, 2.75) is 26.7 Å². The first-order chi connectivity index (χ1) is 8.52. The highest BCUT2D eigenvalue weighted by atomic mass is 16.1. The molecule has 0 saturated heterocycles. The van der Waals surface area contributed by atoms with Crippen molar-refractivity contribution in [3.63, 3.8) is 0 Å². The molecule has 0 amide bonds. The first-order valence-corrected chi connectivity index (χ1v) is 6.37. The molecule has 1 aromatic heterocycles. The summed E-state index contributed by atoms with van der Waals surface area (Å²) in [6, 6.07) is 8.02. The number of pyridine rings is 1. The largest absolute Gasteiger partial charge is 0.388 e. The third-order valence-electron chi connectivity index (χ3n) is 3.65. The van der Waals surface area contributed by atoms with Crippen LogP contribution in [-0.4, -0.2) is 12.0 Å². The fraction of sp³-hybridized carbons (Fsp3) is 0.400. The summed E-state index contributed by atoms with van der Waals surface area (Å²) in [5.41, 5.74) is 2.78. The van der Waals surface area contributed by atoms with Crippen molar-refractivity contribution in [3.8, 4) is 0 Å². The lowest BCUT2D eigenvalue weighted by molar-refractivity contribution is 0.531. The molecule has 2 rings (SSSR count). The average molecular weight is 244 g/mol. The first kappa shape index (κ1) is 12.7. The molecule has 1 atom stereocenters. The zero-order valence-corrected chi connectivity index (χ0v) is 11.4. The molecule has 2 N–H and O–H groups in total. The van der Waals surface area contributed by atoms with E-state index in [4.69, 9.17) is 0 Å². The van der Waals surface area contributed by atoms with Crippen LogP contribution in [0.25, 0.3) is 10.9 Å². The van der Waals surface area contributed by atoms with E-state index in [-0.39, 0.29) is 11.5 Å². The summed E-state index contributed by atoms with van der Waals surface area (Å²) in [5, 5.41) is 4.15. The van der Waals surface area contributed by atoms with Crippen LogP contribution in [0.1, 0.15) is 32.3 Å². The minimum absolute atomic E-state index is 0.0250. The number of rotatable bonds is 3. The van der Waals surface area contributed by atoms with Gasteiger partial charge < -0.3 is 10.3 Å². The third kappa shape index (κ3) is 2.26. The van der Waals surface area contributed by atoms with E-state index in [9.17, 15) is 4.79 Å². The smallest absolute Gasteiger partial charge is 0.251 e. The van der Waals surface area contributed by atoms with Crippen LogP contribution in [0.5, 0.6) is 0 Å². The molecule has 18 heavy (non-hydrogen) atoms. The van der Waals surface area contributed by atoms with Crippen LogP contribution in [0.4, 0.5) is 5.69 Å². The van der Waals surface area contributed by atoms with Crippen LogP contribution >= 0.6 is 0 Å². The molecule has 0 bridgehead atoms. The number of hydrogen-bond acceptors (Lipinski definition) is 2. The summed E-state index contributed by atoms with van der Waals surface area (Å²) in [5.74, 6) is 0.724. The van der Waals surface area contributed by atoms with Gasteiger partial charge in [-0.3, -0.25) is 4.79 Å². The van der Waals surface area contributed by atoms with Crippen molar-refractivity contribution in [2.24, 2.45) is 5.92 Å². The van der Waals surface area contributed by atoms with Gasteiger partial charge in [0.1, 0.15) is 0 Å². The summed E-state index contributed by atoms with van der Waals surface area (Å²) < 4.78 is 0. The molecule has 0 aliphatic rings. The number of nitrogens with one attached hydrogen (secondary N) is 2. The molecule has 0 radical (unpaired) electrons. The second kappa shape index (κ2) is 4.84. The zero-order chi connectivity index (χ0) is 13.3. The first-order valence-electron chi connectivity index (χ1n) is 6.37. The number of H-pyrrole nitrogens is 1. The highest BCUT2D eigenvalue weighted by Gasteiger charge is 2.14. The summed E-state index contributed by atoms with van der Waals surface area (Å²) >= 11 is 0. The van der Waals surface area contributed by atoms with E-state index in [2.05, 4.69) is 31.1 Å². The van der Waals surface area contributed by atoms with Crippen LogP contribution in [0, 0.1) is 5.92 Å². The second-order valence-corrected chi connectivity index (χ2v) is 5.14. The van der Waals surface area contributed by atoms with Crippen molar-refractivity contribution in [1.29, 1.82) is 0 Å². The Morgan fingerprint density at radius 2 is 1.89 bits per heavy atom. The van der Waals surface area contributed by atoms with E-state index in [1.54, 1.807) is 0 Å². The van der Waals surface area contributed by atoms with Gasteiger partial charge in [-0.25, -0.2) is 0 Å². The Balaban J connectivity index is 2.59. The lowest BCUT2D eigenvalue weighted by atomic mass is 9.90. The number of aromatic amines is 1. The van der Waals surface area contributed by atoms with Gasteiger partial charge in [-0.05, 0) is 35.4 Å². The molecule has 3 nitrogen and oxygen atoms in total. The Hall–Kier alpha value is -1.77. The second-order valence-electron chi connectivity index (χ2n) is 5.14. The fourth-order valence-electron chi connectivity index (χ4n) is 2.07. The van der Waals surface area contributed by atoms with Gasteiger partial charge in [0.25, 0.3) is 5.56 Å². The maximum atomic E-state index is 12.1. The summed E-state index contributed by atoms with van der Waals surface area (Å²) in [6.07, 6.45) is 0. The fourth-order valence-corrected chi connectivity index (χ4v) is 2.07. The van der Waals surface area contributed by atoms with Gasteiger partial charge >= 0.3 is 0 Å². The van der Waals surface area contributed by atoms with Crippen LogP contribution < -0.4 is 10.9 Å². The summed E-state index contributed by atoms with van der Waals surface area (Å²) in [7, 11) is 1.87. The van der Waals surface area contributed by atoms with Crippen LogP contribution in [0.15, 0.2) is 29.1 Å². The van der Waals surface area contributed by atoms with Crippen LogP contribution in [0.2, 0.25) is 0 Å². The van der Waals surface area contributed by atoms with Gasteiger partial charge in [0.05, 0.1) is 5.52 Å². The molecule has 0 aliphatic heterocycles. The lowest BCUT2D eigenvalue weighted by Gasteiger charge is -2.15. The van der Waals surface area contributed by atoms with E-state index in [0.29, 0.717) is 5.92 Å². The number of aromatic nitrogens is 1. The molecule has 1 aromatic carbocycles. The van der Waals surface area contributed by atoms with Crippen molar-refractivity contribution < 1.29 is 0 Å². The van der Waals surface area contributed by atoms with Gasteiger partial charge in [0.2, 0.25) is 0 Å². The quantitative estimate of drug-likeness (QED) is 0.869. The summed E-state index contributed by atoms with van der Waals surface area (Å²) in [6.45, 7) is 6.37. The minimum atomic E-state index is 0.0250. The maximum absolute atomic E-state index is 12.1. The average Bonchev–Trinajstić information content (AvgIpc) is 2.36. The number of anilines is 1. The lowest BCUT2D eigenvalue weighted by Crippen LogP contribution is -2.17. The van der Waals surface area contributed by atoms with Gasteiger partial charge in [-0.1, -0.05) is 26.8 Å². The van der Waals surface area contributed by atoms with Crippen LogP contribution in [0.3, 0.4) is 0 Å². The maximum Gasteiger partial charge on any atom is 0.251 e. The Bertz CT molecular complexity index is 613. The van der Waals surface area contributed by atoms with Crippen LogP contribution in [-0.2, 0) is 0 Å². The standard InChI is InChI=1S/C15H20N2O/c1-9(2)10(3)13-7-11-5-6-12(16-4)8-14(11)17-15(13)18/h5-10,16H,1-4H3,(H,17,18). The van der Waals surface area contributed by atoms with Crippen molar-refractivity contribution >= 4 is 16.6 Å². The highest BCUT2D eigenvalue weighted by Crippen LogP contribution is 2.24. The normalized spacial score (nSPS) is 12.9. The predicted octanol–water partition coefficient (Wildman–Crippen LogP) is 3.33. The Morgan fingerprint density at radius 3 is 2.50 bits per heavy atom. The third-order valence-corrected chi connectivity index (χ3v) is 3.65. The van der Waals surface area contributed by atoms with E-state index in [0.717, 1.165) is 22.2 Å². The molecular formula is C15H20N2O. The highest BCUT2D eigenvalue weighted by molar-refractivity contribution is 5.82. The Morgan fingerprint density at radius 1 is 1.17 bits per heavy atom. The Kier molecular flexibility index (Phi) is 3.41. The van der Waals surface area contributed by atoms with Gasteiger partial charge in [0.15, 0.2) is 0 Å². The number of benzene rings is 1. The molecule has 3 heteroatoms. The molecule has 1 heterocycles. The predicted molar refractivity (Wildman–Crippen MR) is 77.4 cm³/mol. The topological polar surface area (TPSA) is 44.9 Å². The van der Waals surface area contributed by atoms with Crippen molar-refractivity contribution in [3.05, 3.63) is 40.2 Å². The SMILES string of the molecule is CNc1ccc2cc(C(C)C(C)C)c(=O)[nH]c2c1. The van der Waals surface area contributed by atoms with Gasteiger partial charge in [-0.15, -0.1) is 0 Å².